The van der Waals surface area contributed by atoms with Crippen molar-refractivity contribution in [2.75, 3.05) is 36.9 Å². The Morgan fingerprint density at radius 3 is 2.70 bits per heavy atom. The number of halogens is 2. The number of hydrogen-bond donors (Lipinski definition) is 2. The predicted octanol–water partition coefficient (Wildman–Crippen LogP) is 4.05. The van der Waals surface area contributed by atoms with E-state index in [1.54, 1.807) is 6.07 Å². The van der Waals surface area contributed by atoms with Crippen molar-refractivity contribution < 1.29 is 4.74 Å². The molecule has 2 heterocycles. The van der Waals surface area contributed by atoms with Gasteiger partial charge in [0.25, 0.3) is 0 Å². The minimum absolute atomic E-state index is 0.518. The third-order valence-electron chi connectivity index (χ3n) is 3.28. The first kappa shape index (κ1) is 15.7. The minimum Gasteiger partial charge on any atom is -0.381 e. The number of pyridine rings is 1. The van der Waals surface area contributed by atoms with Crippen LogP contribution in [0.2, 0.25) is 10.0 Å². The second kappa shape index (κ2) is 7.91. The Balaban J connectivity index is 1.98. The van der Waals surface area contributed by atoms with E-state index in [0.29, 0.717) is 27.6 Å². The van der Waals surface area contributed by atoms with E-state index < -0.39 is 0 Å². The molecule has 1 aromatic heterocycles. The first-order chi connectivity index (χ1) is 9.70. The van der Waals surface area contributed by atoms with E-state index in [2.05, 4.69) is 22.5 Å². The molecule has 0 saturated carbocycles. The van der Waals surface area contributed by atoms with Crippen LogP contribution in [0.3, 0.4) is 0 Å². The van der Waals surface area contributed by atoms with Gasteiger partial charge in [0.05, 0.1) is 16.7 Å². The molecular formula is C14H21Cl2N3O. The summed E-state index contributed by atoms with van der Waals surface area (Å²) in [7, 11) is 0. The monoisotopic (exact) mass is 317 g/mol. The normalized spacial score (nSPS) is 18.9. The molecule has 1 unspecified atom stereocenters. The fourth-order valence-electron chi connectivity index (χ4n) is 2.17. The standard InChI is InChI=1S/C14H21Cl2N3O/c1-2-5-17-13-11(15)7-12(16)14(19-13)18-8-10-4-3-6-20-9-10/h7,10H,2-6,8-9H2,1H3,(H2,17,18,19). The van der Waals surface area contributed by atoms with Gasteiger partial charge in [0.2, 0.25) is 0 Å². The lowest BCUT2D eigenvalue weighted by Crippen LogP contribution is -2.24. The van der Waals surface area contributed by atoms with Gasteiger partial charge in [0, 0.05) is 19.7 Å². The molecule has 1 atom stereocenters. The number of anilines is 2. The van der Waals surface area contributed by atoms with Crippen LogP contribution in [0.1, 0.15) is 26.2 Å². The van der Waals surface area contributed by atoms with Gasteiger partial charge in [0.15, 0.2) is 0 Å². The van der Waals surface area contributed by atoms with Crippen molar-refractivity contribution >= 4 is 34.8 Å². The van der Waals surface area contributed by atoms with E-state index in [9.17, 15) is 0 Å². The molecule has 0 spiro atoms. The molecular weight excluding hydrogens is 297 g/mol. The highest BCUT2D eigenvalue weighted by Gasteiger charge is 2.15. The number of hydrogen-bond acceptors (Lipinski definition) is 4. The van der Waals surface area contributed by atoms with Crippen LogP contribution in [0.4, 0.5) is 11.6 Å². The lowest BCUT2D eigenvalue weighted by molar-refractivity contribution is 0.0595. The van der Waals surface area contributed by atoms with Crippen LogP contribution in [0.5, 0.6) is 0 Å². The summed E-state index contributed by atoms with van der Waals surface area (Å²) >= 11 is 12.3. The number of nitrogens with zero attached hydrogens (tertiary/aromatic N) is 1. The van der Waals surface area contributed by atoms with Gasteiger partial charge in [-0.25, -0.2) is 4.98 Å². The molecule has 20 heavy (non-hydrogen) atoms. The van der Waals surface area contributed by atoms with E-state index in [-0.39, 0.29) is 0 Å². The van der Waals surface area contributed by atoms with E-state index in [1.165, 1.54) is 6.42 Å². The smallest absolute Gasteiger partial charge is 0.147 e. The van der Waals surface area contributed by atoms with E-state index >= 15 is 0 Å². The van der Waals surface area contributed by atoms with Crippen molar-refractivity contribution in [2.24, 2.45) is 5.92 Å². The van der Waals surface area contributed by atoms with E-state index in [0.717, 1.165) is 39.1 Å². The molecule has 1 saturated heterocycles. The number of aromatic nitrogens is 1. The first-order valence-electron chi connectivity index (χ1n) is 7.12. The van der Waals surface area contributed by atoms with E-state index in [4.69, 9.17) is 27.9 Å². The van der Waals surface area contributed by atoms with Gasteiger partial charge < -0.3 is 15.4 Å². The van der Waals surface area contributed by atoms with Gasteiger partial charge in [0.1, 0.15) is 11.6 Å². The quantitative estimate of drug-likeness (QED) is 0.831. The van der Waals surface area contributed by atoms with E-state index in [1.807, 2.05) is 0 Å². The lowest BCUT2D eigenvalue weighted by atomic mass is 10.0. The van der Waals surface area contributed by atoms with Crippen molar-refractivity contribution in [1.82, 2.24) is 4.98 Å². The van der Waals surface area contributed by atoms with Crippen LogP contribution in [0, 0.1) is 5.92 Å². The lowest BCUT2D eigenvalue weighted by Gasteiger charge is -2.23. The molecule has 2 N–H and O–H groups in total. The van der Waals surface area contributed by atoms with Crippen molar-refractivity contribution in [3.05, 3.63) is 16.1 Å². The summed E-state index contributed by atoms with van der Waals surface area (Å²) in [5.41, 5.74) is 0. The Bertz CT molecular complexity index is 437. The second-order valence-corrected chi connectivity index (χ2v) is 5.85. The number of rotatable bonds is 6. The maximum atomic E-state index is 6.18. The summed E-state index contributed by atoms with van der Waals surface area (Å²) in [6.45, 7) is 5.44. The first-order valence-corrected chi connectivity index (χ1v) is 7.87. The maximum Gasteiger partial charge on any atom is 0.147 e. The highest BCUT2D eigenvalue weighted by atomic mass is 35.5. The maximum absolute atomic E-state index is 6.18. The number of nitrogens with one attached hydrogen (secondary N) is 2. The molecule has 1 fully saturated rings. The Morgan fingerprint density at radius 1 is 1.30 bits per heavy atom. The molecule has 112 valence electrons. The molecule has 0 aromatic carbocycles. The summed E-state index contributed by atoms with van der Waals surface area (Å²) < 4.78 is 5.47. The van der Waals surface area contributed by atoms with Crippen molar-refractivity contribution in [1.29, 1.82) is 0 Å². The van der Waals surface area contributed by atoms with Crippen molar-refractivity contribution in [2.45, 2.75) is 26.2 Å². The van der Waals surface area contributed by atoms with Gasteiger partial charge >= 0.3 is 0 Å². The summed E-state index contributed by atoms with van der Waals surface area (Å²) in [6, 6.07) is 1.73. The molecule has 1 aliphatic heterocycles. The van der Waals surface area contributed by atoms with Crippen molar-refractivity contribution in [3.63, 3.8) is 0 Å². The molecule has 0 aliphatic carbocycles. The molecule has 1 aliphatic rings. The summed E-state index contributed by atoms with van der Waals surface area (Å²) in [5, 5.41) is 7.61. The SMILES string of the molecule is CCCNc1nc(NCC2CCCOC2)c(Cl)cc1Cl. The van der Waals surface area contributed by atoms with Crippen LogP contribution in [-0.4, -0.2) is 31.3 Å². The number of ether oxygens (including phenoxy) is 1. The second-order valence-electron chi connectivity index (χ2n) is 5.04. The van der Waals surface area contributed by atoms with Gasteiger partial charge in [-0.2, -0.15) is 0 Å². The topological polar surface area (TPSA) is 46.2 Å². The Hall–Kier alpha value is -0.710. The summed E-state index contributed by atoms with van der Waals surface area (Å²) in [5.74, 6) is 1.88. The van der Waals surface area contributed by atoms with Gasteiger partial charge in [-0.15, -0.1) is 0 Å². The third-order valence-corrected chi connectivity index (χ3v) is 3.86. The molecule has 0 amide bonds. The third kappa shape index (κ3) is 4.40. The van der Waals surface area contributed by atoms with Gasteiger partial charge in [-0.05, 0) is 31.2 Å². The van der Waals surface area contributed by atoms with Crippen LogP contribution < -0.4 is 10.6 Å². The van der Waals surface area contributed by atoms with Crippen LogP contribution in [0.15, 0.2) is 6.07 Å². The fraction of sp³-hybridized carbons (Fsp3) is 0.643. The minimum atomic E-state index is 0.518. The van der Waals surface area contributed by atoms with Gasteiger partial charge in [-0.1, -0.05) is 30.1 Å². The molecule has 0 radical (unpaired) electrons. The molecule has 0 bridgehead atoms. The van der Waals surface area contributed by atoms with Crippen LogP contribution in [0.25, 0.3) is 0 Å². The highest BCUT2D eigenvalue weighted by molar-refractivity contribution is 6.37. The average molecular weight is 318 g/mol. The molecule has 2 rings (SSSR count). The zero-order valence-corrected chi connectivity index (χ0v) is 13.2. The van der Waals surface area contributed by atoms with Crippen LogP contribution in [-0.2, 0) is 4.74 Å². The Morgan fingerprint density at radius 2 is 2.05 bits per heavy atom. The predicted molar refractivity (Wildman–Crippen MR) is 85.1 cm³/mol. The zero-order chi connectivity index (χ0) is 14.4. The summed E-state index contributed by atoms with van der Waals surface area (Å²) in [6.07, 6.45) is 3.32. The van der Waals surface area contributed by atoms with Gasteiger partial charge in [-0.3, -0.25) is 0 Å². The Kier molecular flexibility index (Phi) is 6.20. The average Bonchev–Trinajstić information content (AvgIpc) is 2.46. The molecule has 1 aromatic rings. The summed E-state index contributed by atoms with van der Waals surface area (Å²) in [4.78, 5) is 4.47. The van der Waals surface area contributed by atoms with Crippen molar-refractivity contribution in [3.8, 4) is 0 Å². The zero-order valence-electron chi connectivity index (χ0n) is 11.7. The largest absolute Gasteiger partial charge is 0.381 e. The van der Waals surface area contributed by atoms with Crippen LogP contribution >= 0.6 is 23.2 Å². The fourth-order valence-corrected chi connectivity index (χ4v) is 2.66. The molecule has 4 nitrogen and oxygen atoms in total. The highest BCUT2D eigenvalue weighted by Crippen LogP contribution is 2.29. The molecule has 6 heteroatoms. The Labute approximate surface area is 130 Å².